The number of furan rings is 1. The number of aromatic nitrogens is 2. The van der Waals surface area contributed by atoms with Gasteiger partial charge in [-0.3, -0.25) is 14.2 Å². The van der Waals surface area contributed by atoms with Crippen LogP contribution in [0.5, 0.6) is 0 Å². The highest BCUT2D eigenvalue weighted by Crippen LogP contribution is 2.24. The molecular weight excluding hydrogens is 375 g/mol. The van der Waals surface area contributed by atoms with E-state index >= 15 is 0 Å². The molecular formula is C21H21FN4O3. The van der Waals surface area contributed by atoms with Gasteiger partial charge in [-0.05, 0) is 31.2 Å². The van der Waals surface area contributed by atoms with Crippen molar-refractivity contribution in [1.82, 2.24) is 14.5 Å². The number of carbonyl (C=O) groups excluding carboxylic acids is 1. The van der Waals surface area contributed by atoms with E-state index in [-0.39, 0.29) is 33.9 Å². The van der Waals surface area contributed by atoms with E-state index in [9.17, 15) is 14.0 Å². The van der Waals surface area contributed by atoms with Gasteiger partial charge in [0.25, 0.3) is 11.5 Å². The molecule has 1 saturated heterocycles. The number of anilines is 1. The topological polar surface area (TPSA) is 71.6 Å². The maximum Gasteiger partial charge on any atom is 0.265 e. The first kappa shape index (κ1) is 18.9. The maximum absolute atomic E-state index is 13.2. The van der Waals surface area contributed by atoms with Gasteiger partial charge in [0, 0.05) is 38.4 Å². The number of amides is 1. The summed E-state index contributed by atoms with van der Waals surface area (Å²) in [5, 5.41) is 0.206. The van der Waals surface area contributed by atoms with Crippen molar-refractivity contribution in [3.05, 3.63) is 70.7 Å². The molecule has 0 bridgehead atoms. The highest BCUT2D eigenvalue weighted by atomic mass is 19.1. The van der Waals surface area contributed by atoms with Crippen LogP contribution in [0.25, 0.3) is 11.1 Å². The zero-order valence-corrected chi connectivity index (χ0v) is 16.1. The van der Waals surface area contributed by atoms with Gasteiger partial charge in [-0.1, -0.05) is 6.08 Å². The summed E-state index contributed by atoms with van der Waals surface area (Å²) in [6, 6.07) is 6.31. The lowest BCUT2D eigenvalue weighted by Gasteiger charge is -2.36. The summed E-state index contributed by atoms with van der Waals surface area (Å²) in [5.74, 6) is -0.136. The van der Waals surface area contributed by atoms with Crippen LogP contribution in [-0.2, 0) is 6.54 Å². The first-order valence-corrected chi connectivity index (χ1v) is 9.39. The second-order valence-corrected chi connectivity index (χ2v) is 6.96. The van der Waals surface area contributed by atoms with Crippen molar-refractivity contribution in [3.8, 4) is 0 Å². The molecule has 1 aliphatic rings. The number of nitrogens with zero attached hydrogens (tertiary/aromatic N) is 4. The number of rotatable bonds is 4. The third-order valence-electron chi connectivity index (χ3n) is 5.15. The van der Waals surface area contributed by atoms with Crippen molar-refractivity contribution in [1.29, 1.82) is 0 Å². The number of benzene rings is 1. The van der Waals surface area contributed by atoms with E-state index in [4.69, 9.17) is 4.42 Å². The van der Waals surface area contributed by atoms with E-state index in [0.717, 1.165) is 5.69 Å². The predicted octanol–water partition coefficient (Wildman–Crippen LogP) is 2.59. The minimum Gasteiger partial charge on any atom is -0.442 e. The first-order valence-electron chi connectivity index (χ1n) is 9.39. The van der Waals surface area contributed by atoms with Crippen molar-refractivity contribution in [2.45, 2.75) is 13.5 Å². The lowest BCUT2D eigenvalue weighted by Crippen LogP contribution is -2.49. The molecule has 1 aromatic carbocycles. The smallest absolute Gasteiger partial charge is 0.265 e. The minimum absolute atomic E-state index is 0.168. The molecule has 4 rings (SSSR count). The summed E-state index contributed by atoms with van der Waals surface area (Å²) < 4.78 is 20.1. The van der Waals surface area contributed by atoms with Crippen molar-refractivity contribution < 1.29 is 13.6 Å². The van der Waals surface area contributed by atoms with Crippen molar-refractivity contribution in [3.63, 3.8) is 0 Å². The molecule has 150 valence electrons. The fourth-order valence-corrected chi connectivity index (χ4v) is 3.64. The quantitative estimate of drug-likeness (QED) is 0.634. The van der Waals surface area contributed by atoms with Gasteiger partial charge in [0.05, 0.1) is 5.56 Å². The maximum atomic E-state index is 13.2. The van der Waals surface area contributed by atoms with Crippen LogP contribution in [0, 0.1) is 12.7 Å². The Morgan fingerprint density at radius 2 is 1.93 bits per heavy atom. The van der Waals surface area contributed by atoms with E-state index < -0.39 is 0 Å². The molecule has 1 amide bonds. The monoisotopic (exact) mass is 396 g/mol. The van der Waals surface area contributed by atoms with Crippen molar-refractivity contribution in [2.24, 2.45) is 0 Å². The van der Waals surface area contributed by atoms with Crippen molar-refractivity contribution >= 4 is 22.7 Å². The molecule has 0 atom stereocenters. The van der Waals surface area contributed by atoms with E-state index in [1.807, 2.05) is 0 Å². The highest BCUT2D eigenvalue weighted by molar-refractivity contribution is 6.06. The molecule has 0 unspecified atom stereocenters. The van der Waals surface area contributed by atoms with Crippen LogP contribution in [-0.4, -0.2) is 46.5 Å². The third kappa shape index (κ3) is 3.41. The summed E-state index contributed by atoms with van der Waals surface area (Å²) in [7, 11) is 0. The summed E-state index contributed by atoms with van der Waals surface area (Å²) in [6.45, 7) is 7.82. The van der Waals surface area contributed by atoms with Gasteiger partial charge in [-0.25, -0.2) is 9.37 Å². The van der Waals surface area contributed by atoms with Crippen LogP contribution in [0.2, 0.25) is 0 Å². The van der Waals surface area contributed by atoms with Gasteiger partial charge in [0.1, 0.15) is 23.3 Å². The third-order valence-corrected chi connectivity index (χ3v) is 5.15. The molecule has 3 aromatic rings. The molecule has 1 aliphatic heterocycles. The SMILES string of the molecule is C=CCn1cnc2oc(C)c(C(=O)N3CCN(c4ccc(F)cc4)CC3)c2c1=O. The summed E-state index contributed by atoms with van der Waals surface area (Å²) in [4.78, 5) is 34.0. The summed E-state index contributed by atoms with van der Waals surface area (Å²) in [5.41, 5.74) is 1.03. The van der Waals surface area contributed by atoms with Gasteiger partial charge >= 0.3 is 0 Å². The average molecular weight is 396 g/mol. The van der Waals surface area contributed by atoms with Gasteiger partial charge in [-0.2, -0.15) is 0 Å². The fourth-order valence-electron chi connectivity index (χ4n) is 3.64. The lowest BCUT2D eigenvalue weighted by atomic mass is 10.1. The van der Waals surface area contributed by atoms with Crippen LogP contribution in [0.4, 0.5) is 10.1 Å². The van der Waals surface area contributed by atoms with Crippen LogP contribution >= 0.6 is 0 Å². The van der Waals surface area contributed by atoms with E-state index in [1.165, 1.54) is 23.0 Å². The summed E-state index contributed by atoms with van der Waals surface area (Å²) >= 11 is 0. The Kier molecular flexibility index (Phi) is 4.92. The molecule has 8 heteroatoms. The molecule has 0 saturated carbocycles. The number of piperazine rings is 1. The van der Waals surface area contributed by atoms with E-state index in [1.54, 1.807) is 30.0 Å². The molecule has 7 nitrogen and oxygen atoms in total. The van der Waals surface area contributed by atoms with Crippen LogP contribution in [0.15, 0.2) is 52.5 Å². The van der Waals surface area contributed by atoms with Crippen LogP contribution in [0.3, 0.4) is 0 Å². The first-order chi connectivity index (χ1) is 14.0. The highest BCUT2D eigenvalue weighted by Gasteiger charge is 2.29. The molecule has 0 aliphatic carbocycles. The number of fused-ring (bicyclic) bond motifs is 1. The molecule has 29 heavy (non-hydrogen) atoms. The molecule has 0 spiro atoms. The Bertz CT molecular complexity index is 1130. The number of carbonyl (C=O) groups is 1. The lowest BCUT2D eigenvalue weighted by molar-refractivity contribution is 0.0746. The Morgan fingerprint density at radius 1 is 1.24 bits per heavy atom. The molecule has 1 fully saturated rings. The average Bonchev–Trinajstić information content (AvgIpc) is 3.07. The van der Waals surface area contributed by atoms with Gasteiger partial charge < -0.3 is 14.2 Å². The van der Waals surface area contributed by atoms with Gasteiger partial charge in [0.2, 0.25) is 5.71 Å². The van der Waals surface area contributed by atoms with Crippen LogP contribution < -0.4 is 10.5 Å². The zero-order chi connectivity index (χ0) is 20.5. The number of allylic oxidation sites excluding steroid dienone is 1. The Morgan fingerprint density at radius 3 is 2.59 bits per heavy atom. The molecule has 2 aromatic heterocycles. The minimum atomic E-state index is -0.319. The standard InChI is InChI=1S/C21H21FN4O3/c1-3-8-26-13-23-19-18(21(26)28)17(14(2)29-19)20(27)25-11-9-24(10-12-25)16-6-4-15(22)5-7-16/h3-7,13H,1,8-12H2,2H3. The number of aryl methyl sites for hydroxylation is 1. The Labute approximate surface area is 166 Å². The van der Waals surface area contributed by atoms with Gasteiger partial charge in [-0.15, -0.1) is 6.58 Å². The second kappa shape index (κ2) is 7.54. The zero-order valence-electron chi connectivity index (χ0n) is 16.1. The number of hydrogen-bond donors (Lipinski definition) is 0. The van der Waals surface area contributed by atoms with Gasteiger partial charge in [0.15, 0.2) is 0 Å². The Balaban J connectivity index is 1.59. The predicted molar refractivity (Wildman–Crippen MR) is 108 cm³/mol. The second-order valence-electron chi connectivity index (χ2n) is 6.96. The molecule has 0 radical (unpaired) electrons. The number of hydrogen-bond acceptors (Lipinski definition) is 5. The molecule has 0 N–H and O–H groups in total. The fraction of sp³-hybridized carbons (Fsp3) is 0.286. The van der Waals surface area contributed by atoms with E-state index in [0.29, 0.717) is 38.5 Å². The van der Waals surface area contributed by atoms with Crippen LogP contribution in [0.1, 0.15) is 16.1 Å². The summed E-state index contributed by atoms with van der Waals surface area (Å²) in [6.07, 6.45) is 2.99. The molecule has 3 heterocycles. The largest absolute Gasteiger partial charge is 0.442 e. The normalized spacial score (nSPS) is 14.4. The van der Waals surface area contributed by atoms with Crippen molar-refractivity contribution in [2.75, 3.05) is 31.1 Å². The number of halogens is 1. The Hall–Kier alpha value is -3.42. The van der Waals surface area contributed by atoms with E-state index in [2.05, 4.69) is 16.5 Å².